The number of phenolic OH excluding ortho intramolecular Hbond substituents is 1. The number of carbonyl (C=O) groups is 12. The molecule has 0 bridgehead atoms. The van der Waals surface area contributed by atoms with Gasteiger partial charge in [0.1, 0.15) is 5.75 Å². The quantitative estimate of drug-likeness (QED) is 0.0164. The van der Waals surface area contributed by atoms with Gasteiger partial charge in [-0.05, 0) is 146 Å². The third-order valence-electron chi connectivity index (χ3n) is 18.8. The second kappa shape index (κ2) is 70.3. The van der Waals surface area contributed by atoms with Crippen molar-refractivity contribution >= 4 is 108 Å². The Morgan fingerprint density at radius 3 is 0.715 bits per heavy atom. The van der Waals surface area contributed by atoms with Crippen molar-refractivity contribution in [3.8, 4) is 5.75 Å². The molecule has 1 rings (SSSR count). The Bertz CT molecular complexity index is 3670. The molecule has 0 saturated heterocycles. The molecule has 56 nitrogen and oxygen atoms in total. The molecule has 1 aromatic rings. The van der Waals surface area contributed by atoms with Gasteiger partial charge in [-0.2, -0.15) is 0 Å². The fourth-order valence-electron chi connectivity index (χ4n) is 12.2. The summed E-state index contributed by atoms with van der Waals surface area (Å²) in [5, 5.41) is 64.8. The van der Waals surface area contributed by atoms with E-state index >= 15 is 0 Å². The van der Waals surface area contributed by atoms with Crippen LogP contribution < -0.4 is 204 Å². The molecule has 22 amide bonds. The Morgan fingerprint density at radius 2 is 0.492 bits per heavy atom. The first kappa shape index (κ1) is 114. The first-order valence-corrected chi connectivity index (χ1v) is 43.2. The van der Waals surface area contributed by atoms with Crippen molar-refractivity contribution in [1.29, 1.82) is 0 Å². The van der Waals surface area contributed by atoms with E-state index in [0.717, 1.165) is 0 Å². The van der Waals surface area contributed by atoms with Gasteiger partial charge in [0.25, 0.3) is 0 Å². The molecule has 0 saturated carbocycles. The number of primary amides is 2. The predicted molar refractivity (Wildman–Crippen MR) is 497 cm³/mol. The van der Waals surface area contributed by atoms with Crippen molar-refractivity contribution in [3.05, 3.63) is 29.8 Å². The topological polar surface area (TPSA) is 982 Å². The van der Waals surface area contributed by atoms with Gasteiger partial charge in [-0.15, -0.1) is 0 Å². The number of aromatic hydroxyl groups is 1. The van der Waals surface area contributed by atoms with Gasteiger partial charge in [-0.1, -0.05) is 25.0 Å². The average Bonchev–Trinajstić information content (AvgIpc) is 0.901. The molecule has 55 N–H and O–H groups in total. The van der Waals surface area contributed by atoms with E-state index in [1.165, 1.54) is 12.1 Å². The molecule has 0 aliphatic heterocycles. The lowest BCUT2D eigenvalue weighted by molar-refractivity contribution is -0.122. The zero-order chi connectivity index (χ0) is 96.8. The second-order valence-electron chi connectivity index (χ2n) is 30.3. The van der Waals surface area contributed by atoms with E-state index in [2.05, 4.69) is 136 Å². The van der Waals surface area contributed by atoms with Gasteiger partial charge in [-0.25, -0.2) is 47.9 Å². The molecule has 0 spiro atoms. The number of nitrogens with zero attached hydrogens (tertiary/aromatic N) is 6. The molecule has 0 aromatic heterocycles. The lowest BCUT2D eigenvalue weighted by Gasteiger charge is -2.25. The minimum Gasteiger partial charge on any atom is -0.508 e. The molecule has 56 heteroatoms. The lowest BCUT2D eigenvalue weighted by Crippen LogP contribution is -2.55. The number of hydrogen-bond donors (Lipinski definition) is 38. The molecule has 130 heavy (non-hydrogen) atoms. The summed E-state index contributed by atoms with van der Waals surface area (Å²) < 4.78 is 0. The van der Waals surface area contributed by atoms with Crippen LogP contribution in [0.2, 0.25) is 0 Å². The first-order chi connectivity index (χ1) is 61.9. The maximum atomic E-state index is 13.8. The van der Waals surface area contributed by atoms with Crippen LogP contribution in [-0.2, 0) is 16.0 Å². The maximum Gasteiger partial charge on any atom is 0.315 e. The van der Waals surface area contributed by atoms with Gasteiger partial charge in [0.15, 0.2) is 35.8 Å². The molecule has 0 heterocycles. The molecule has 0 fully saturated rings. The molecule has 0 radical (unpaired) electrons. The van der Waals surface area contributed by atoms with E-state index in [0.29, 0.717) is 109 Å². The smallest absolute Gasteiger partial charge is 0.315 e. The van der Waals surface area contributed by atoms with Crippen molar-refractivity contribution in [2.45, 2.75) is 195 Å². The van der Waals surface area contributed by atoms with Gasteiger partial charge < -0.3 is 209 Å². The van der Waals surface area contributed by atoms with E-state index in [4.69, 9.17) is 97.5 Å². The van der Waals surface area contributed by atoms with Gasteiger partial charge in [0, 0.05) is 172 Å². The Morgan fingerprint density at radius 1 is 0.277 bits per heavy atom. The zero-order valence-corrected chi connectivity index (χ0v) is 74.2. The third kappa shape index (κ3) is 65.7. The number of amides is 22. The fourth-order valence-corrected chi connectivity index (χ4v) is 12.2. The Hall–Kier alpha value is -13.8. The number of carbonyl (C=O) groups excluding carboxylic acids is 12. The summed E-state index contributed by atoms with van der Waals surface area (Å²) >= 11 is 0. The number of unbranched alkanes of at least 4 members (excludes halogenated alkanes) is 2. The van der Waals surface area contributed by atoms with Crippen molar-refractivity contribution in [3.63, 3.8) is 0 Å². The molecule has 0 aliphatic carbocycles. The number of benzene rings is 1. The predicted octanol–water partition coefficient (Wildman–Crippen LogP) is -10.1. The molecule has 1 aromatic carbocycles. The Balaban J connectivity index is 3.27. The van der Waals surface area contributed by atoms with E-state index in [1.54, 1.807) is 12.1 Å². The van der Waals surface area contributed by atoms with Gasteiger partial charge in [-0.3, -0.25) is 39.5 Å². The molecule has 738 valence electrons. The maximum absolute atomic E-state index is 13.8. The molecule has 10 atom stereocenters. The molecule has 0 aliphatic rings. The van der Waals surface area contributed by atoms with Crippen LogP contribution in [0.3, 0.4) is 0 Å². The minimum atomic E-state index is -0.958. The highest BCUT2D eigenvalue weighted by Crippen LogP contribution is 2.13. The number of phenols is 1. The first-order valence-electron chi connectivity index (χ1n) is 43.2. The second-order valence-corrected chi connectivity index (χ2v) is 30.3. The molecular weight excluding hydrogens is 1700 g/mol. The number of hydrogen-bond acceptors (Lipinski definition) is 22. The van der Waals surface area contributed by atoms with E-state index in [-0.39, 0.29) is 198 Å². The van der Waals surface area contributed by atoms with Crippen molar-refractivity contribution < 1.29 is 62.6 Å². The highest BCUT2D eigenvalue weighted by molar-refractivity contribution is 5.83. The summed E-state index contributed by atoms with van der Waals surface area (Å²) in [5.41, 5.74) is 95.7. The fraction of sp³-hybridized carbons (Fsp3) is 0.676. The van der Waals surface area contributed by atoms with Gasteiger partial charge in [0.05, 0.1) is 6.04 Å². The number of guanidine groups is 6. The highest BCUT2D eigenvalue weighted by Gasteiger charge is 2.26. The van der Waals surface area contributed by atoms with E-state index < -0.39 is 133 Å². The molecular formula is C74H149N43O13. The Kier molecular flexibility index (Phi) is 61.7. The number of nitrogens with two attached hydrogens (primary N) is 17. The normalized spacial score (nSPS) is 12.9. The summed E-state index contributed by atoms with van der Waals surface area (Å²) in [6.45, 7) is 0.966. The number of urea groups is 10. The summed E-state index contributed by atoms with van der Waals surface area (Å²) in [6.07, 6.45) is 6.86. The van der Waals surface area contributed by atoms with Crippen LogP contribution in [0.1, 0.15) is 134 Å². The van der Waals surface area contributed by atoms with Crippen LogP contribution in [-0.4, -0.2) is 298 Å². The third-order valence-corrected chi connectivity index (χ3v) is 18.8. The van der Waals surface area contributed by atoms with Crippen molar-refractivity contribution in [2.75, 3.05) is 124 Å². The van der Waals surface area contributed by atoms with Crippen LogP contribution in [0, 0.1) is 0 Å². The zero-order valence-electron chi connectivity index (χ0n) is 74.2. The van der Waals surface area contributed by atoms with E-state index in [9.17, 15) is 62.6 Å². The van der Waals surface area contributed by atoms with Gasteiger partial charge in [0.2, 0.25) is 11.8 Å². The van der Waals surface area contributed by atoms with Crippen LogP contribution in [0.25, 0.3) is 0 Å². The number of rotatable bonds is 68. The van der Waals surface area contributed by atoms with E-state index in [1.807, 2.05) is 0 Å². The number of nitrogens with one attached hydrogen (secondary N) is 20. The van der Waals surface area contributed by atoms with Crippen LogP contribution >= 0.6 is 0 Å². The van der Waals surface area contributed by atoms with Gasteiger partial charge >= 0.3 is 60.3 Å². The standard InChI is InChI=1S/C74H149N43O13/c75-25-3-1-11-46(111-68(124)103-39-49(14-6-28-93-60(81)82)109-66(122)99-34-33-98-65(91)121)37-101-67(123)110-47(12-2-4-26-76)38-102-70(126)113-51(16-8-30-95-62(85)86)41-105-72(128)115-53(18-10-32-97-64(89)90)43-107-74(130)117-54(21-24-57(78)119)44-108-73(129)116-52(17-9-31-96-63(87)88)42-106-71(127)114-50(15-7-29-94-61(83)84)40-104-69(125)112-48(13-5-27-92-59(79)80)36-100-58(120)56(77)35-45-19-22-55(118)23-20-45/h19-20,22-23,46-54,56,118H,1-18,21,24-44,75-77H2,(H2,78,119)(H,100,120)(H4,79,80,92)(H4,81,82,93)(H4,83,84,94)(H4,85,86,95)(H4,87,88,96)(H4,89,90,97)(H3,91,98,121)(H2,99,109,122)(H2,101,110,123)(H2,102,113,126)(H2,103,111,124)(H2,104,112,125)(H2,105,115,128)(H2,106,114,127)(H2,107,117,130)(H2,108,116,129)/t46-,47-,48-,49-,50-,51-,52-,53-,54-,56+/m1/s1. The summed E-state index contributed by atoms with van der Waals surface area (Å²) in [7, 11) is 0. The largest absolute Gasteiger partial charge is 0.508 e. The summed E-state index contributed by atoms with van der Waals surface area (Å²) in [4.78, 5) is 182. The number of aliphatic imine (C=N–C) groups is 6. The van der Waals surface area contributed by atoms with Crippen molar-refractivity contribution in [1.82, 2.24) is 106 Å². The Labute approximate surface area is 756 Å². The summed E-state index contributed by atoms with van der Waals surface area (Å²) in [6, 6.07) is -7.99. The van der Waals surface area contributed by atoms with Crippen LogP contribution in [0.15, 0.2) is 54.2 Å². The summed E-state index contributed by atoms with van der Waals surface area (Å²) in [5.74, 6) is -2.08. The van der Waals surface area contributed by atoms with Crippen LogP contribution in [0.4, 0.5) is 47.9 Å². The SMILES string of the molecule is NCCCC[C@H](CNC(=O)N[C@H](CCCCN)CNC(=O)N[C@H](CCCN=C(N)N)CNC(=O)N[C@H](CCCN=C(N)N)CNC(=O)N[C@H](CCC(N)=O)CNC(=O)N[C@H](CCCN=C(N)N)CNC(=O)N[C@H](CCCN=C(N)N)CNC(=O)N[C@H](CCCN=C(N)N)CNC(=O)[C@@H](N)Cc1ccc(O)cc1)NC(=O)NC[C@@H](CCCN=C(N)N)NC(=O)NCCNC(N)=O. The molecule has 0 unspecified atom stereocenters. The lowest BCUT2D eigenvalue weighted by atomic mass is 10.1. The highest BCUT2D eigenvalue weighted by atomic mass is 16.3. The minimum absolute atomic E-state index is 0.0186. The average molecular weight is 1850 g/mol. The van der Waals surface area contributed by atoms with Crippen LogP contribution in [0.5, 0.6) is 5.75 Å². The van der Waals surface area contributed by atoms with Crippen molar-refractivity contribution in [2.24, 2.45) is 127 Å². The monoisotopic (exact) mass is 1850 g/mol.